The highest BCUT2D eigenvalue weighted by Gasteiger charge is 2.14. The van der Waals surface area contributed by atoms with E-state index in [9.17, 15) is 4.79 Å². The summed E-state index contributed by atoms with van der Waals surface area (Å²) in [5.74, 6) is 1.22. The largest absolute Gasteiger partial charge is 0.454 e. The molecule has 0 saturated carbocycles. The van der Waals surface area contributed by atoms with Gasteiger partial charge in [0.25, 0.3) is 0 Å². The van der Waals surface area contributed by atoms with Crippen LogP contribution in [0.5, 0.6) is 11.5 Å². The SMILES string of the molecule is O=C(Nc1ccc2c(c1)OCO2)O/N=C\c1cccnc1. The van der Waals surface area contributed by atoms with Gasteiger partial charge in [0.05, 0.1) is 6.21 Å². The number of amides is 1. The molecule has 1 aromatic heterocycles. The number of fused-ring (bicyclic) bond motifs is 1. The smallest absolute Gasteiger partial charge is 0.437 e. The monoisotopic (exact) mass is 285 g/mol. The molecule has 3 rings (SSSR count). The first-order chi connectivity index (χ1) is 10.3. The lowest BCUT2D eigenvalue weighted by atomic mass is 10.3. The van der Waals surface area contributed by atoms with Gasteiger partial charge in [-0.15, -0.1) is 0 Å². The summed E-state index contributed by atoms with van der Waals surface area (Å²) in [7, 11) is 0. The van der Waals surface area contributed by atoms with Crippen molar-refractivity contribution in [1.29, 1.82) is 0 Å². The molecule has 1 aliphatic rings. The van der Waals surface area contributed by atoms with E-state index in [1.165, 1.54) is 6.21 Å². The Kier molecular flexibility index (Phi) is 3.64. The van der Waals surface area contributed by atoms with Crippen LogP contribution in [-0.2, 0) is 4.84 Å². The van der Waals surface area contributed by atoms with E-state index in [2.05, 4.69) is 20.3 Å². The molecule has 0 aliphatic carbocycles. The Balaban J connectivity index is 1.56. The number of pyridine rings is 1. The third-order valence-corrected chi connectivity index (χ3v) is 2.64. The zero-order chi connectivity index (χ0) is 14.5. The van der Waals surface area contributed by atoms with Gasteiger partial charge in [-0.1, -0.05) is 11.2 Å². The van der Waals surface area contributed by atoms with E-state index in [0.29, 0.717) is 17.2 Å². The number of anilines is 1. The van der Waals surface area contributed by atoms with Crippen LogP contribution in [0, 0.1) is 0 Å². The van der Waals surface area contributed by atoms with Crippen LogP contribution in [0.15, 0.2) is 47.9 Å². The molecular formula is C14H11N3O4. The molecule has 0 atom stereocenters. The van der Waals surface area contributed by atoms with E-state index in [-0.39, 0.29) is 6.79 Å². The molecule has 0 saturated heterocycles. The molecule has 0 spiro atoms. The summed E-state index contributed by atoms with van der Waals surface area (Å²) < 4.78 is 10.4. The zero-order valence-corrected chi connectivity index (χ0v) is 10.9. The van der Waals surface area contributed by atoms with Crippen molar-refractivity contribution in [3.63, 3.8) is 0 Å². The van der Waals surface area contributed by atoms with Crippen molar-refractivity contribution in [2.24, 2.45) is 5.16 Å². The molecule has 106 valence electrons. The van der Waals surface area contributed by atoms with Crippen molar-refractivity contribution in [3.8, 4) is 11.5 Å². The summed E-state index contributed by atoms with van der Waals surface area (Å²) in [6.07, 6.45) is 3.94. The van der Waals surface area contributed by atoms with Gasteiger partial charge in [-0.25, -0.2) is 4.79 Å². The number of ether oxygens (including phenoxy) is 2. The number of nitrogens with one attached hydrogen (secondary N) is 1. The second kappa shape index (κ2) is 5.91. The minimum absolute atomic E-state index is 0.179. The van der Waals surface area contributed by atoms with Crippen LogP contribution < -0.4 is 14.8 Å². The quantitative estimate of drug-likeness (QED) is 0.532. The van der Waals surface area contributed by atoms with Crippen molar-refractivity contribution in [2.45, 2.75) is 0 Å². The first-order valence-corrected chi connectivity index (χ1v) is 6.12. The second-order valence-corrected chi connectivity index (χ2v) is 4.09. The Morgan fingerprint density at radius 1 is 1.33 bits per heavy atom. The van der Waals surface area contributed by atoms with Crippen molar-refractivity contribution in [2.75, 3.05) is 12.1 Å². The lowest BCUT2D eigenvalue weighted by Gasteiger charge is -2.03. The number of carbonyl (C=O) groups is 1. The highest BCUT2D eigenvalue weighted by atomic mass is 16.7. The van der Waals surface area contributed by atoms with E-state index in [1.807, 2.05) is 0 Å². The lowest BCUT2D eigenvalue weighted by Crippen LogP contribution is -2.10. The van der Waals surface area contributed by atoms with Crippen molar-refractivity contribution < 1.29 is 19.1 Å². The van der Waals surface area contributed by atoms with Crippen LogP contribution in [0.4, 0.5) is 10.5 Å². The number of nitrogens with zero attached hydrogens (tertiary/aromatic N) is 2. The van der Waals surface area contributed by atoms with Gasteiger partial charge >= 0.3 is 6.09 Å². The minimum atomic E-state index is -0.700. The maximum Gasteiger partial charge on any atom is 0.437 e. The molecule has 0 fully saturated rings. The highest BCUT2D eigenvalue weighted by Crippen LogP contribution is 2.34. The molecule has 1 aliphatic heterocycles. The third-order valence-electron chi connectivity index (χ3n) is 2.64. The van der Waals surface area contributed by atoms with E-state index in [1.54, 1.807) is 42.7 Å². The van der Waals surface area contributed by atoms with E-state index >= 15 is 0 Å². The predicted molar refractivity (Wildman–Crippen MR) is 74.5 cm³/mol. The Morgan fingerprint density at radius 2 is 2.24 bits per heavy atom. The van der Waals surface area contributed by atoms with Crippen molar-refractivity contribution in [3.05, 3.63) is 48.3 Å². The van der Waals surface area contributed by atoms with Crippen LogP contribution >= 0.6 is 0 Å². The average molecular weight is 285 g/mol. The zero-order valence-electron chi connectivity index (χ0n) is 10.9. The van der Waals surface area contributed by atoms with Gasteiger partial charge in [-0.3, -0.25) is 15.1 Å². The van der Waals surface area contributed by atoms with Gasteiger partial charge < -0.3 is 9.47 Å². The highest BCUT2D eigenvalue weighted by molar-refractivity contribution is 5.86. The second-order valence-electron chi connectivity index (χ2n) is 4.09. The average Bonchev–Trinajstić information content (AvgIpc) is 2.96. The predicted octanol–water partition coefficient (Wildman–Crippen LogP) is 2.39. The maximum absolute atomic E-state index is 11.6. The van der Waals surface area contributed by atoms with Crippen LogP contribution in [0.2, 0.25) is 0 Å². The van der Waals surface area contributed by atoms with Gasteiger partial charge in [-0.05, 0) is 18.2 Å². The summed E-state index contributed by atoms with van der Waals surface area (Å²) >= 11 is 0. The molecule has 1 aromatic carbocycles. The van der Waals surface area contributed by atoms with Crippen LogP contribution in [0.3, 0.4) is 0 Å². The number of carbonyl (C=O) groups excluding carboxylic acids is 1. The van der Waals surface area contributed by atoms with Crippen molar-refractivity contribution in [1.82, 2.24) is 4.98 Å². The Morgan fingerprint density at radius 3 is 3.10 bits per heavy atom. The molecule has 7 heteroatoms. The number of benzene rings is 1. The fourth-order valence-electron chi connectivity index (χ4n) is 1.70. The van der Waals surface area contributed by atoms with Gasteiger partial charge in [0.2, 0.25) is 6.79 Å². The van der Waals surface area contributed by atoms with Crippen LogP contribution in [0.1, 0.15) is 5.56 Å². The molecule has 21 heavy (non-hydrogen) atoms. The molecule has 1 amide bonds. The Labute approximate surface area is 120 Å². The van der Waals surface area contributed by atoms with E-state index < -0.39 is 6.09 Å². The van der Waals surface area contributed by atoms with Gasteiger partial charge in [-0.2, -0.15) is 0 Å². The van der Waals surface area contributed by atoms with Crippen LogP contribution in [-0.4, -0.2) is 24.1 Å². The number of aromatic nitrogens is 1. The first kappa shape index (κ1) is 12.9. The summed E-state index contributed by atoms with van der Waals surface area (Å²) in [4.78, 5) is 20.2. The number of hydrogen-bond acceptors (Lipinski definition) is 6. The van der Waals surface area contributed by atoms with E-state index in [0.717, 1.165) is 5.56 Å². The first-order valence-electron chi connectivity index (χ1n) is 6.12. The van der Waals surface area contributed by atoms with Crippen molar-refractivity contribution >= 4 is 18.0 Å². The summed E-state index contributed by atoms with van der Waals surface area (Å²) in [6.45, 7) is 0.179. The van der Waals surface area contributed by atoms with Gasteiger partial charge in [0.15, 0.2) is 11.5 Å². The number of hydrogen-bond donors (Lipinski definition) is 1. The standard InChI is InChI=1S/C14H11N3O4/c18-14(21-16-8-10-2-1-5-15-7-10)17-11-3-4-12-13(6-11)20-9-19-12/h1-8H,9H2,(H,17,18)/b16-8-. The molecule has 2 heterocycles. The molecular weight excluding hydrogens is 274 g/mol. The van der Waals surface area contributed by atoms with Gasteiger partial charge in [0.1, 0.15) is 0 Å². The number of oxime groups is 1. The molecule has 2 aromatic rings. The lowest BCUT2D eigenvalue weighted by molar-refractivity contribution is 0.167. The van der Waals surface area contributed by atoms with Crippen LogP contribution in [0.25, 0.3) is 0 Å². The maximum atomic E-state index is 11.6. The van der Waals surface area contributed by atoms with E-state index in [4.69, 9.17) is 9.47 Å². The topological polar surface area (TPSA) is 82.0 Å². The normalized spacial score (nSPS) is 12.4. The Hall–Kier alpha value is -3.09. The third kappa shape index (κ3) is 3.27. The molecule has 7 nitrogen and oxygen atoms in total. The molecule has 0 unspecified atom stereocenters. The molecule has 0 bridgehead atoms. The number of rotatable bonds is 3. The minimum Gasteiger partial charge on any atom is -0.454 e. The summed E-state index contributed by atoms with van der Waals surface area (Å²) in [5.41, 5.74) is 1.26. The Bertz CT molecular complexity index is 673. The summed E-state index contributed by atoms with van der Waals surface area (Å²) in [5, 5.41) is 6.11. The fraction of sp³-hybridized carbons (Fsp3) is 0.0714. The molecule has 1 N–H and O–H groups in total. The fourth-order valence-corrected chi connectivity index (χ4v) is 1.70. The summed E-state index contributed by atoms with van der Waals surface area (Å²) in [6, 6.07) is 8.58. The molecule has 0 radical (unpaired) electrons. The van der Waals surface area contributed by atoms with Gasteiger partial charge in [0, 0.05) is 29.7 Å².